The summed E-state index contributed by atoms with van der Waals surface area (Å²) >= 11 is 0. The predicted molar refractivity (Wildman–Crippen MR) is 54.0 cm³/mol. The smallest absolute Gasteiger partial charge is 0.276 e. The second-order valence-corrected chi connectivity index (χ2v) is 2.79. The fraction of sp³-hybridized carbons (Fsp3) is 0.300. The second-order valence-electron chi connectivity index (χ2n) is 2.79. The first-order valence-corrected chi connectivity index (χ1v) is 4.54. The highest BCUT2D eigenvalue weighted by Crippen LogP contribution is 2.18. The highest BCUT2D eigenvalue weighted by atomic mass is 16.5. The molecule has 0 aromatic heterocycles. The molecule has 0 aliphatic carbocycles. The number of hydroxylamine groups is 1. The predicted octanol–water partition coefficient (Wildman–Crippen LogP) is 0.800. The molecule has 0 heterocycles. The van der Waals surface area contributed by atoms with Crippen molar-refractivity contribution in [2.75, 3.05) is 18.3 Å². The molecule has 0 aliphatic rings. The molecule has 0 saturated heterocycles. The van der Waals surface area contributed by atoms with Gasteiger partial charge in [-0.05, 0) is 31.2 Å². The molecule has 1 rings (SSSR count). The van der Waals surface area contributed by atoms with Crippen LogP contribution >= 0.6 is 0 Å². The standard InChI is InChI=1S/C10H13NO4/c1-2-15-9-5-3-8(4-6-9)11(14)10(13)7-12/h3-6,12,14H,2,7H2,1H3. The monoisotopic (exact) mass is 211 g/mol. The van der Waals surface area contributed by atoms with E-state index in [0.717, 1.165) is 0 Å². The Bertz CT molecular complexity index is 323. The summed E-state index contributed by atoms with van der Waals surface area (Å²) in [6.07, 6.45) is 0. The Morgan fingerprint density at radius 1 is 1.40 bits per heavy atom. The van der Waals surface area contributed by atoms with Gasteiger partial charge in [0.15, 0.2) is 0 Å². The van der Waals surface area contributed by atoms with Crippen molar-refractivity contribution in [2.24, 2.45) is 0 Å². The molecule has 0 atom stereocenters. The van der Waals surface area contributed by atoms with E-state index >= 15 is 0 Å². The molecular weight excluding hydrogens is 198 g/mol. The molecule has 5 heteroatoms. The Hall–Kier alpha value is -1.59. The highest BCUT2D eigenvalue weighted by molar-refractivity contribution is 5.91. The van der Waals surface area contributed by atoms with Gasteiger partial charge in [-0.15, -0.1) is 0 Å². The zero-order valence-corrected chi connectivity index (χ0v) is 8.38. The fourth-order valence-corrected chi connectivity index (χ4v) is 1.06. The molecule has 82 valence electrons. The van der Waals surface area contributed by atoms with E-state index in [-0.39, 0.29) is 5.69 Å². The Morgan fingerprint density at radius 2 is 2.00 bits per heavy atom. The zero-order valence-electron chi connectivity index (χ0n) is 8.38. The van der Waals surface area contributed by atoms with Crippen LogP contribution in [-0.2, 0) is 4.79 Å². The van der Waals surface area contributed by atoms with Crippen LogP contribution in [0.3, 0.4) is 0 Å². The quantitative estimate of drug-likeness (QED) is 0.571. The normalized spacial score (nSPS) is 9.80. The number of hydrogen-bond donors (Lipinski definition) is 2. The number of carbonyl (C=O) groups is 1. The zero-order chi connectivity index (χ0) is 11.3. The van der Waals surface area contributed by atoms with Gasteiger partial charge in [0, 0.05) is 0 Å². The lowest BCUT2D eigenvalue weighted by Gasteiger charge is -2.13. The third-order valence-corrected chi connectivity index (χ3v) is 1.76. The lowest BCUT2D eigenvalue weighted by atomic mass is 10.3. The largest absolute Gasteiger partial charge is 0.494 e. The number of rotatable bonds is 4. The summed E-state index contributed by atoms with van der Waals surface area (Å²) in [5.41, 5.74) is 0.289. The number of nitrogens with zero attached hydrogens (tertiary/aromatic N) is 1. The van der Waals surface area contributed by atoms with Gasteiger partial charge in [-0.25, -0.2) is 0 Å². The average Bonchev–Trinajstić information content (AvgIpc) is 2.28. The van der Waals surface area contributed by atoms with E-state index in [1.54, 1.807) is 12.1 Å². The van der Waals surface area contributed by atoms with Crippen molar-refractivity contribution < 1.29 is 19.8 Å². The Morgan fingerprint density at radius 3 is 2.47 bits per heavy atom. The minimum atomic E-state index is -0.779. The maximum atomic E-state index is 10.9. The van der Waals surface area contributed by atoms with Crippen LogP contribution in [0.15, 0.2) is 24.3 Å². The molecule has 0 unspecified atom stereocenters. The fourth-order valence-electron chi connectivity index (χ4n) is 1.06. The minimum Gasteiger partial charge on any atom is -0.494 e. The third kappa shape index (κ3) is 2.93. The molecule has 0 saturated carbocycles. The maximum absolute atomic E-state index is 10.9. The number of carbonyl (C=O) groups excluding carboxylic acids is 1. The number of benzene rings is 1. The van der Waals surface area contributed by atoms with Crippen LogP contribution in [0.5, 0.6) is 5.75 Å². The van der Waals surface area contributed by atoms with E-state index < -0.39 is 12.5 Å². The molecule has 0 fully saturated rings. The van der Waals surface area contributed by atoms with E-state index in [9.17, 15) is 10.0 Å². The maximum Gasteiger partial charge on any atom is 0.276 e. The van der Waals surface area contributed by atoms with Gasteiger partial charge in [0.25, 0.3) is 5.91 Å². The minimum absolute atomic E-state index is 0.289. The van der Waals surface area contributed by atoms with Gasteiger partial charge in [-0.1, -0.05) is 0 Å². The summed E-state index contributed by atoms with van der Waals surface area (Å²) < 4.78 is 5.19. The summed E-state index contributed by atoms with van der Waals surface area (Å²) in [6.45, 7) is 1.68. The van der Waals surface area contributed by atoms with Crippen molar-refractivity contribution in [2.45, 2.75) is 6.92 Å². The van der Waals surface area contributed by atoms with Crippen LogP contribution in [0.1, 0.15) is 6.92 Å². The van der Waals surface area contributed by atoms with Crippen molar-refractivity contribution in [1.82, 2.24) is 0 Å². The number of hydrogen-bond acceptors (Lipinski definition) is 4. The molecule has 0 aliphatic heterocycles. The van der Waals surface area contributed by atoms with Crippen molar-refractivity contribution in [3.63, 3.8) is 0 Å². The number of anilines is 1. The van der Waals surface area contributed by atoms with Crippen LogP contribution in [-0.4, -0.2) is 29.4 Å². The topological polar surface area (TPSA) is 70.0 Å². The summed E-state index contributed by atoms with van der Waals surface area (Å²) in [7, 11) is 0. The van der Waals surface area contributed by atoms with Crippen molar-refractivity contribution in [3.05, 3.63) is 24.3 Å². The Labute approximate surface area is 87.5 Å². The van der Waals surface area contributed by atoms with Gasteiger partial charge in [0.1, 0.15) is 12.4 Å². The SMILES string of the molecule is CCOc1ccc(N(O)C(=O)CO)cc1. The highest BCUT2D eigenvalue weighted by Gasteiger charge is 2.11. The van der Waals surface area contributed by atoms with Crippen molar-refractivity contribution in [3.8, 4) is 5.75 Å². The molecule has 0 radical (unpaired) electrons. The van der Waals surface area contributed by atoms with E-state index in [0.29, 0.717) is 17.4 Å². The van der Waals surface area contributed by atoms with Gasteiger partial charge in [-0.2, -0.15) is 5.06 Å². The summed E-state index contributed by atoms with van der Waals surface area (Å²) in [5.74, 6) is -0.120. The van der Waals surface area contributed by atoms with E-state index in [1.165, 1.54) is 12.1 Å². The van der Waals surface area contributed by atoms with Crippen LogP contribution < -0.4 is 9.80 Å². The number of ether oxygens (including phenoxy) is 1. The van der Waals surface area contributed by atoms with Crippen LogP contribution in [0.4, 0.5) is 5.69 Å². The van der Waals surface area contributed by atoms with E-state index in [2.05, 4.69) is 0 Å². The molecule has 2 N–H and O–H groups in total. The molecular formula is C10H13NO4. The van der Waals surface area contributed by atoms with Gasteiger partial charge < -0.3 is 9.84 Å². The van der Waals surface area contributed by atoms with Crippen LogP contribution in [0.25, 0.3) is 0 Å². The Kier molecular flexibility index (Phi) is 4.08. The molecule has 0 spiro atoms. The molecule has 1 amide bonds. The van der Waals surface area contributed by atoms with Crippen molar-refractivity contribution in [1.29, 1.82) is 0 Å². The molecule has 1 aromatic carbocycles. The molecule has 5 nitrogen and oxygen atoms in total. The van der Waals surface area contributed by atoms with Crippen LogP contribution in [0, 0.1) is 0 Å². The second kappa shape index (κ2) is 5.33. The van der Waals surface area contributed by atoms with E-state index in [1.807, 2.05) is 6.92 Å². The van der Waals surface area contributed by atoms with Gasteiger partial charge in [0.2, 0.25) is 0 Å². The summed E-state index contributed by atoms with van der Waals surface area (Å²) in [6, 6.07) is 6.32. The van der Waals surface area contributed by atoms with Gasteiger partial charge in [-0.3, -0.25) is 10.0 Å². The lowest BCUT2D eigenvalue weighted by molar-refractivity contribution is -0.126. The number of aliphatic hydroxyl groups excluding tert-OH is 1. The first kappa shape index (κ1) is 11.5. The average molecular weight is 211 g/mol. The van der Waals surface area contributed by atoms with E-state index in [4.69, 9.17) is 9.84 Å². The first-order chi connectivity index (χ1) is 7.19. The van der Waals surface area contributed by atoms with Gasteiger partial charge in [0.05, 0.1) is 12.3 Å². The van der Waals surface area contributed by atoms with Crippen molar-refractivity contribution >= 4 is 11.6 Å². The molecule has 0 bridgehead atoms. The lowest BCUT2D eigenvalue weighted by Crippen LogP contribution is -2.29. The van der Waals surface area contributed by atoms with Crippen LogP contribution in [0.2, 0.25) is 0 Å². The van der Waals surface area contributed by atoms with Gasteiger partial charge >= 0.3 is 0 Å². The summed E-state index contributed by atoms with van der Waals surface area (Å²) in [4.78, 5) is 10.9. The molecule has 15 heavy (non-hydrogen) atoms. The number of aliphatic hydroxyl groups is 1. The first-order valence-electron chi connectivity index (χ1n) is 4.54. The molecule has 1 aromatic rings. The summed E-state index contributed by atoms with van der Waals surface area (Å²) in [5, 5.41) is 18.2. The third-order valence-electron chi connectivity index (χ3n) is 1.76. The Balaban J connectivity index is 2.75. The number of amides is 1.